The van der Waals surface area contributed by atoms with E-state index in [0.717, 1.165) is 0 Å². The topological polar surface area (TPSA) is 67.3 Å². The predicted octanol–water partition coefficient (Wildman–Crippen LogP) is -0.703. The van der Waals surface area contributed by atoms with Crippen LogP contribution in [-0.2, 0) is 4.74 Å². The molecule has 6 nitrogen and oxygen atoms in total. The summed E-state index contributed by atoms with van der Waals surface area (Å²) in [5.74, 6) is -1.16. The fourth-order valence-corrected chi connectivity index (χ4v) is 1.65. The minimum absolute atomic E-state index is 0.351. The van der Waals surface area contributed by atoms with Crippen LogP contribution in [0.15, 0.2) is 9.59 Å². The average Bonchev–Trinajstić information content (AvgIpc) is 2.28. The maximum atomic E-state index is 13.2. The highest BCUT2D eigenvalue weighted by Gasteiger charge is 2.19. The largest absolute Gasteiger partial charge is 0.378 e. The van der Waals surface area contributed by atoms with Crippen LogP contribution in [0.3, 0.4) is 0 Å². The zero-order valence-electron chi connectivity index (χ0n) is 8.20. The van der Waals surface area contributed by atoms with Gasteiger partial charge >= 0.3 is 11.2 Å². The van der Waals surface area contributed by atoms with E-state index >= 15 is 0 Å². The third-order valence-corrected chi connectivity index (χ3v) is 2.51. The molecule has 0 amide bonds. The van der Waals surface area contributed by atoms with E-state index in [-0.39, 0.29) is 0 Å². The second kappa shape index (κ2) is 4.26. The lowest BCUT2D eigenvalue weighted by atomic mass is 10.5. The van der Waals surface area contributed by atoms with Gasteiger partial charge in [-0.25, -0.2) is 4.79 Å². The Morgan fingerprint density at radius 2 is 1.94 bits per heavy atom. The smallest absolute Gasteiger partial charge is 0.348 e. The standard InChI is InChI=1S/C8H9ClFN3O3/c9-6-5(10)7(14)13(8(15)11-6)12-1-3-16-4-2-12/h1-4H2,(H,11,15). The molecule has 1 aliphatic heterocycles. The van der Waals surface area contributed by atoms with Gasteiger partial charge in [-0.1, -0.05) is 11.6 Å². The van der Waals surface area contributed by atoms with Crippen molar-refractivity contribution >= 4 is 11.6 Å². The van der Waals surface area contributed by atoms with E-state index in [9.17, 15) is 14.0 Å². The number of morpholine rings is 1. The Labute approximate surface area is 94.2 Å². The molecule has 0 aromatic carbocycles. The molecule has 8 heteroatoms. The average molecular weight is 250 g/mol. The van der Waals surface area contributed by atoms with E-state index < -0.39 is 22.2 Å². The van der Waals surface area contributed by atoms with Gasteiger partial charge in [0, 0.05) is 0 Å². The van der Waals surface area contributed by atoms with Crippen molar-refractivity contribution in [2.75, 3.05) is 31.3 Å². The van der Waals surface area contributed by atoms with Crippen molar-refractivity contribution in [3.8, 4) is 0 Å². The first-order valence-electron chi connectivity index (χ1n) is 4.64. The SMILES string of the molecule is O=c1[nH]c(Cl)c(F)c(=O)n1N1CCOCC1. The van der Waals surface area contributed by atoms with Gasteiger partial charge in [-0.2, -0.15) is 9.07 Å². The predicted molar refractivity (Wildman–Crippen MR) is 55.1 cm³/mol. The van der Waals surface area contributed by atoms with Crippen molar-refractivity contribution in [3.63, 3.8) is 0 Å². The molecule has 16 heavy (non-hydrogen) atoms. The Kier molecular flexibility index (Phi) is 2.97. The number of ether oxygens (including phenoxy) is 1. The summed E-state index contributed by atoms with van der Waals surface area (Å²) >= 11 is 5.34. The molecule has 2 rings (SSSR count). The molecule has 2 heterocycles. The van der Waals surface area contributed by atoms with Crippen LogP contribution in [-0.4, -0.2) is 36.0 Å². The molecule has 0 unspecified atom stereocenters. The number of nitrogens with zero attached hydrogens (tertiary/aromatic N) is 2. The number of hydrogen-bond acceptors (Lipinski definition) is 4. The lowest BCUT2D eigenvalue weighted by Crippen LogP contribution is -2.55. The first-order valence-corrected chi connectivity index (χ1v) is 5.02. The van der Waals surface area contributed by atoms with Gasteiger partial charge < -0.3 is 9.75 Å². The van der Waals surface area contributed by atoms with E-state index in [1.165, 1.54) is 5.01 Å². The summed E-state index contributed by atoms with van der Waals surface area (Å²) < 4.78 is 19.0. The van der Waals surface area contributed by atoms with Crippen molar-refractivity contribution in [2.45, 2.75) is 0 Å². The number of hydrogen-bond donors (Lipinski definition) is 1. The molecule has 1 aliphatic rings. The van der Waals surface area contributed by atoms with E-state index in [2.05, 4.69) is 4.98 Å². The highest BCUT2D eigenvalue weighted by atomic mass is 35.5. The second-order valence-electron chi connectivity index (χ2n) is 3.24. The highest BCUT2D eigenvalue weighted by molar-refractivity contribution is 6.29. The third-order valence-electron chi connectivity index (χ3n) is 2.25. The van der Waals surface area contributed by atoms with Crippen LogP contribution in [0, 0.1) is 5.82 Å². The lowest BCUT2D eigenvalue weighted by molar-refractivity contribution is 0.109. The Hall–Kier alpha value is -1.34. The van der Waals surface area contributed by atoms with Crippen LogP contribution < -0.4 is 16.3 Å². The van der Waals surface area contributed by atoms with Gasteiger partial charge in [0.2, 0.25) is 5.82 Å². The second-order valence-corrected chi connectivity index (χ2v) is 3.62. The zero-order valence-corrected chi connectivity index (χ0v) is 8.96. The van der Waals surface area contributed by atoms with E-state index in [4.69, 9.17) is 16.3 Å². The molecule has 88 valence electrons. The molecule has 1 saturated heterocycles. The van der Waals surface area contributed by atoms with Crippen LogP contribution in [0.2, 0.25) is 5.15 Å². The van der Waals surface area contributed by atoms with Gasteiger partial charge in [-0.05, 0) is 0 Å². The summed E-state index contributed by atoms with van der Waals surface area (Å²) in [6.45, 7) is 1.47. The summed E-state index contributed by atoms with van der Waals surface area (Å²) in [5.41, 5.74) is -1.80. The fraction of sp³-hybridized carbons (Fsp3) is 0.500. The molecule has 1 aromatic heterocycles. The molecule has 0 aliphatic carbocycles. The van der Waals surface area contributed by atoms with Crippen molar-refractivity contribution in [1.82, 2.24) is 9.66 Å². The van der Waals surface area contributed by atoms with Crippen molar-refractivity contribution in [2.24, 2.45) is 0 Å². The molecule has 0 saturated carbocycles. The summed E-state index contributed by atoms with van der Waals surface area (Å²) in [5, 5.41) is 0.851. The van der Waals surface area contributed by atoms with Crippen molar-refractivity contribution in [3.05, 3.63) is 31.8 Å². The minimum Gasteiger partial charge on any atom is -0.378 e. The fourth-order valence-electron chi connectivity index (χ4n) is 1.49. The lowest BCUT2D eigenvalue weighted by Gasteiger charge is -2.28. The maximum Gasteiger partial charge on any atom is 0.348 e. The number of rotatable bonds is 1. The number of aromatic amines is 1. The van der Waals surface area contributed by atoms with Crippen LogP contribution in [0.25, 0.3) is 0 Å². The van der Waals surface area contributed by atoms with Crippen LogP contribution in [0.5, 0.6) is 0 Å². The molecular formula is C8H9ClFN3O3. The quantitative estimate of drug-likeness (QED) is 0.668. The van der Waals surface area contributed by atoms with Gasteiger partial charge in [0.15, 0.2) is 5.15 Å². The first kappa shape index (κ1) is 11.2. The zero-order chi connectivity index (χ0) is 11.7. The highest BCUT2D eigenvalue weighted by Crippen LogP contribution is 2.02. The van der Waals surface area contributed by atoms with Crippen LogP contribution in [0.1, 0.15) is 0 Å². The van der Waals surface area contributed by atoms with E-state index in [1.54, 1.807) is 0 Å². The Morgan fingerprint density at radius 1 is 1.31 bits per heavy atom. The Balaban J connectivity index is 2.51. The summed E-state index contributed by atoms with van der Waals surface area (Å²) in [4.78, 5) is 25.1. The Bertz CT molecular complexity index is 506. The number of nitrogens with one attached hydrogen (secondary N) is 1. The summed E-state index contributed by atoms with van der Waals surface area (Å²) in [7, 11) is 0. The van der Waals surface area contributed by atoms with Gasteiger partial charge in [0.25, 0.3) is 0 Å². The van der Waals surface area contributed by atoms with Gasteiger partial charge in [-0.15, -0.1) is 0 Å². The molecular weight excluding hydrogens is 241 g/mol. The van der Waals surface area contributed by atoms with E-state index in [0.29, 0.717) is 31.0 Å². The molecule has 0 spiro atoms. The van der Waals surface area contributed by atoms with Crippen molar-refractivity contribution < 1.29 is 9.13 Å². The van der Waals surface area contributed by atoms with E-state index in [1.807, 2.05) is 0 Å². The Morgan fingerprint density at radius 3 is 2.56 bits per heavy atom. The first-order chi connectivity index (χ1) is 7.61. The van der Waals surface area contributed by atoms with Crippen LogP contribution >= 0.6 is 11.6 Å². The molecule has 1 N–H and O–H groups in total. The van der Waals surface area contributed by atoms with Gasteiger partial charge in [-0.3, -0.25) is 9.78 Å². The third kappa shape index (κ3) is 1.83. The van der Waals surface area contributed by atoms with Gasteiger partial charge in [0.1, 0.15) is 0 Å². The maximum absolute atomic E-state index is 13.2. The monoisotopic (exact) mass is 249 g/mol. The van der Waals surface area contributed by atoms with Gasteiger partial charge in [0.05, 0.1) is 26.3 Å². The van der Waals surface area contributed by atoms with Crippen LogP contribution in [0.4, 0.5) is 4.39 Å². The number of aromatic nitrogens is 2. The number of H-pyrrole nitrogens is 1. The summed E-state index contributed by atoms with van der Waals surface area (Å²) in [6, 6.07) is 0. The normalized spacial score (nSPS) is 16.5. The number of halogens is 2. The minimum atomic E-state index is -1.16. The summed E-state index contributed by atoms with van der Waals surface area (Å²) in [6.07, 6.45) is 0. The molecule has 1 aromatic rings. The van der Waals surface area contributed by atoms with Crippen molar-refractivity contribution in [1.29, 1.82) is 0 Å². The molecule has 0 radical (unpaired) electrons. The molecule has 0 atom stereocenters. The molecule has 1 fully saturated rings. The molecule has 0 bridgehead atoms.